The average Bonchev–Trinajstić information content (AvgIpc) is 3.62. The Morgan fingerprint density at radius 1 is 0.956 bits per heavy atom. The smallest absolute Gasteiger partial charge is 0.257 e. The van der Waals surface area contributed by atoms with Crippen molar-refractivity contribution in [2.45, 2.75) is 76.6 Å². The van der Waals surface area contributed by atoms with Gasteiger partial charge < -0.3 is 25.0 Å². The number of amides is 3. The van der Waals surface area contributed by atoms with E-state index in [4.69, 9.17) is 4.74 Å². The van der Waals surface area contributed by atoms with Gasteiger partial charge >= 0.3 is 0 Å². The lowest BCUT2D eigenvalue weighted by Crippen LogP contribution is -2.46. The van der Waals surface area contributed by atoms with Crippen LogP contribution in [0.3, 0.4) is 0 Å². The number of aliphatic hydroxyl groups excluding tert-OH is 1. The first-order chi connectivity index (χ1) is 21.8. The molecule has 5 rings (SSSR count). The number of carbonyl (C=O) groups is 3. The third-order valence-corrected chi connectivity index (χ3v) is 8.81. The number of rotatable bonds is 11. The molecule has 0 saturated carbocycles. The van der Waals surface area contributed by atoms with Crippen molar-refractivity contribution in [3.05, 3.63) is 88.7 Å². The number of nitrogens with zero attached hydrogens (tertiary/aromatic N) is 4. The highest BCUT2D eigenvalue weighted by molar-refractivity contribution is 6.00. The van der Waals surface area contributed by atoms with Gasteiger partial charge in [-0.1, -0.05) is 43.2 Å². The van der Waals surface area contributed by atoms with Crippen LogP contribution >= 0.6 is 0 Å². The largest absolute Gasteiger partial charge is 0.389 e. The first-order valence-electron chi connectivity index (χ1n) is 16.1. The molecule has 2 saturated heterocycles. The van der Waals surface area contributed by atoms with Crippen LogP contribution in [0.5, 0.6) is 0 Å². The Morgan fingerprint density at radius 3 is 2.42 bits per heavy atom. The number of ether oxygens (including phenoxy) is 1. The zero-order chi connectivity index (χ0) is 31.8. The Kier molecular flexibility index (Phi) is 11.0. The second-order valence-electron chi connectivity index (χ2n) is 12.3. The average molecular weight is 616 g/mol. The lowest BCUT2D eigenvalue weighted by Gasteiger charge is -2.26. The van der Waals surface area contributed by atoms with Crippen LogP contribution in [0.4, 0.5) is 0 Å². The van der Waals surface area contributed by atoms with Crippen molar-refractivity contribution in [2.24, 2.45) is 0 Å². The molecule has 1 aromatic heterocycles. The quantitative estimate of drug-likeness (QED) is 0.339. The molecule has 0 radical (unpaired) electrons. The lowest BCUT2D eigenvalue weighted by atomic mass is 9.99. The SMILES string of the molecule is COC[C@H]1CCCN1C(=O)c1cc(C)cc(C(=O)N[C@@H](Cc2ccccc2)[C@@H](O)Cn2cc(C(=O)N3CCCCCC3)cn2)c1. The predicted octanol–water partition coefficient (Wildman–Crippen LogP) is 3.86. The fraction of sp³-hybridized carbons (Fsp3) is 0.486. The molecule has 2 fully saturated rings. The lowest BCUT2D eigenvalue weighted by molar-refractivity contribution is 0.0630. The minimum atomic E-state index is -1.000. The van der Waals surface area contributed by atoms with E-state index in [1.807, 2.05) is 47.1 Å². The number of aryl methyl sites for hydroxylation is 1. The van der Waals surface area contributed by atoms with Crippen LogP contribution in [0.15, 0.2) is 60.9 Å². The molecule has 2 N–H and O–H groups in total. The number of hydrogen-bond donors (Lipinski definition) is 2. The molecule has 3 amide bonds. The van der Waals surface area contributed by atoms with Crippen LogP contribution in [0, 0.1) is 6.92 Å². The number of methoxy groups -OCH3 is 1. The Hall–Kier alpha value is -4.02. The fourth-order valence-corrected chi connectivity index (χ4v) is 6.42. The Labute approximate surface area is 265 Å². The topological polar surface area (TPSA) is 117 Å². The summed E-state index contributed by atoms with van der Waals surface area (Å²) in [6.45, 7) is 4.59. The monoisotopic (exact) mass is 615 g/mol. The van der Waals surface area contributed by atoms with Crippen LogP contribution < -0.4 is 5.32 Å². The van der Waals surface area contributed by atoms with E-state index in [1.54, 1.807) is 42.4 Å². The summed E-state index contributed by atoms with van der Waals surface area (Å²) in [5, 5.41) is 18.8. The molecular formula is C35H45N5O5. The fourth-order valence-electron chi connectivity index (χ4n) is 6.42. The highest BCUT2D eigenvalue weighted by Crippen LogP contribution is 2.22. The number of hydrogen-bond acceptors (Lipinski definition) is 6. The first-order valence-corrected chi connectivity index (χ1v) is 16.1. The maximum Gasteiger partial charge on any atom is 0.257 e. The zero-order valence-corrected chi connectivity index (χ0v) is 26.4. The summed E-state index contributed by atoms with van der Waals surface area (Å²) >= 11 is 0. The molecule has 240 valence electrons. The van der Waals surface area contributed by atoms with Gasteiger partial charge in [0.25, 0.3) is 17.7 Å². The highest BCUT2D eigenvalue weighted by Gasteiger charge is 2.30. The summed E-state index contributed by atoms with van der Waals surface area (Å²) in [4.78, 5) is 43.9. The van der Waals surface area contributed by atoms with Crippen LogP contribution in [-0.4, -0.2) is 93.9 Å². The highest BCUT2D eigenvalue weighted by atomic mass is 16.5. The maximum atomic E-state index is 13.7. The Morgan fingerprint density at radius 2 is 1.69 bits per heavy atom. The number of aromatic nitrogens is 2. The van der Waals surface area contributed by atoms with Gasteiger partial charge in [-0.15, -0.1) is 0 Å². The molecule has 2 aromatic carbocycles. The number of likely N-dealkylation sites (tertiary alicyclic amines) is 2. The van der Waals surface area contributed by atoms with E-state index in [-0.39, 0.29) is 30.3 Å². The number of nitrogens with one attached hydrogen (secondary N) is 1. The zero-order valence-electron chi connectivity index (χ0n) is 26.4. The molecule has 3 heterocycles. The molecule has 10 heteroatoms. The number of aliphatic hydroxyl groups is 1. The summed E-state index contributed by atoms with van der Waals surface area (Å²) in [5.41, 5.74) is 3.07. The van der Waals surface area contributed by atoms with E-state index in [2.05, 4.69) is 10.4 Å². The minimum Gasteiger partial charge on any atom is -0.389 e. The predicted molar refractivity (Wildman–Crippen MR) is 171 cm³/mol. The molecule has 2 aliphatic rings. The third kappa shape index (κ3) is 8.38. The van der Waals surface area contributed by atoms with Gasteiger partial charge in [0, 0.05) is 44.1 Å². The third-order valence-electron chi connectivity index (χ3n) is 8.81. The van der Waals surface area contributed by atoms with E-state index < -0.39 is 12.1 Å². The molecule has 10 nitrogen and oxygen atoms in total. The molecule has 3 atom stereocenters. The van der Waals surface area contributed by atoms with Crippen molar-refractivity contribution >= 4 is 17.7 Å². The van der Waals surface area contributed by atoms with Crippen molar-refractivity contribution in [3.8, 4) is 0 Å². The second-order valence-corrected chi connectivity index (χ2v) is 12.3. The summed E-state index contributed by atoms with van der Waals surface area (Å²) in [6, 6.07) is 14.2. The van der Waals surface area contributed by atoms with Gasteiger partial charge in [-0.05, 0) is 68.4 Å². The van der Waals surface area contributed by atoms with Gasteiger partial charge in [-0.2, -0.15) is 5.10 Å². The van der Waals surface area contributed by atoms with Gasteiger partial charge in [0.2, 0.25) is 0 Å². The molecule has 2 aliphatic heterocycles. The molecule has 45 heavy (non-hydrogen) atoms. The molecule has 0 aliphatic carbocycles. The van der Waals surface area contributed by atoms with Gasteiger partial charge in [0.1, 0.15) is 0 Å². The van der Waals surface area contributed by atoms with Crippen LogP contribution in [0.25, 0.3) is 0 Å². The van der Waals surface area contributed by atoms with Crippen LogP contribution in [0.2, 0.25) is 0 Å². The van der Waals surface area contributed by atoms with E-state index in [0.29, 0.717) is 36.3 Å². The van der Waals surface area contributed by atoms with Gasteiger partial charge in [0.05, 0.1) is 43.1 Å². The summed E-state index contributed by atoms with van der Waals surface area (Å²) in [6.07, 6.45) is 8.70. The summed E-state index contributed by atoms with van der Waals surface area (Å²) < 4.78 is 6.89. The normalized spacial score (nSPS) is 18.3. The molecule has 0 unspecified atom stereocenters. The summed E-state index contributed by atoms with van der Waals surface area (Å²) in [5.74, 6) is -0.531. The van der Waals surface area contributed by atoms with Gasteiger partial charge in [0.15, 0.2) is 0 Å². The maximum absolute atomic E-state index is 13.7. The van der Waals surface area contributed by atoms with Gasteiger partial charge in [-0.25, -0.2) is 0 Å². The number of benzene rings is 2. The Balaban J connectivity index is 1.31. The standard InChI is InChI=1S/C35H45N5O5/c1-25-17-27(20-28(18-25)35(44)40-16-10-13-30(40)24-45-2)33(42)37-31(19-26-11-6-5-7-12-26)32(41)23-39-22-29(21-36-39)34(43)38-14-8-3-4-9-15-38/h5-7,11-12,17-18,20-22,30-32,41H,3-4,8-10,13-16,19,23-24H2,1-2H3,(H,37,42)/t30-,31+,32+/m1/s1. The van der Waals surface area contributed by atoms with E-state index in [9.17, 15) is 19.5 Å². The van der Waals surface area contributed by atoms with Crippen molar-refractivity contribution in [3.63, 3.8) is 0 Å². The van der Waals surface area contributed by atoms with Crippen LogP contribution in [0.1, 0.15) is 80.7 Å². The van der Waals surface area contributed by atoms with Crippen LogP contribution in [-0.2, 0) is 17.7 Å². The van der Waals surface area contributed by atoms with Gasteiger partial charge in [-0.3, -0.25) is 19.1 Å². The first kappa shape index (κ1) is 32.4. The molecule has 3 aromatic rings. The van der Waals surface area contributed by atoms with Crippen molar-refractivity contribution in [1.82, 2.24) is 24.9 Å². The van der Waals surface area contributed by atoms with Crippen molar-refractivity contribution in [1.29, 1.82) is 0 Å². The van der Waals surface area contributed by atoms with Crippen molar-refractivity contribution < 1.29 is 24.2 Å². The van der Waals surface area contributed by atoms with Crippen molar-refractivity contribution in [2.75, 3.05) is 33.4 Å². The van der Waals surface area contributed by atoms with E-state index in [0.717, 1.165) is 62.7 Å². The van der Waals surface area contributed by atoms with E-state index >= 15 is 0 Å². The molecule has 0 spiro atoms. The Bertz CT molecular complexity index is 1450. The minimum absolute atomic E-state index is 0.0214. The molecular weight excluding hydrogens is 570 g/mol. The van der Waals surface area contributed by atoms with E-state index in [1.165, 1.54) is 0 Å². The summed E-state index contributed by atoms with van der Waals surface area (Å²) in [7, 11) is 1.64. The number of carbonyl (C=O) groups excluding carboxylic acids is 3. The molecule has 0 bridgehead atoms. The second kappa shape index (κ2) is 15.3.